The van der Waals surface area contributed by atoms with E-state index < -0.39 is 0 Å². The van der Waals surface area contributed by atoms with Gasteiger partial charge in [-0.05, 0) is 47.7 Å². The molecular weight excluding hydrogens is 357 g/mol. The van der Waals surface area contributed by atoms with Crippen LogP contribution in [0, 0.1) is 3.57 Å². The molecule has 19 heavy (non-hydrogen) atoms. The van der Waals surface area contributed by atoms with Crippen LogP contribution in [0.5, 0.6) is 0 Å². The number of amides is 1. The van der Waals surface area contributed by atoms with Gasteiger partial charge in [-0.3, -0.25) is 4.79 Å². The Hall–Kier alpha value is -0.660. The molecule has 0 spiro atoms. The molecule has 0 saturated carbocycles. The first-order chi connectivity index (χ1) is 9.10. The van der Waals surface area contributed by atoms with Gasteiger partial charge in [0.15, 0.2) is 0 Å². The fourth-order valence-electron chi connectivity index (χ4n) is 1.83. The molecule has 1 aromatic carbocycles. The normalized spacial score (nSPS) is 12.2. The van der Waals surface area contributed by atoms with Crippen LogP contribution in [-0.2, 0) is 9.47 Å². The highest BCUT2D eigenvalue weighted by atomic mass is 127. The number of halogens is 1. The van der Waals surface area contributed by atoms with Crippen molar-refractivity contribution >= 4 is 28.5 Å². The van der Waals surface area contributed by atoms with Gasteiger partial charge in [0.1, 0.15) is 0 Å². The Balaban J connectivity index is 2.86. The average molecular weight is 377 g/mol. The van der Waals surface area contributed by atoms with Crippen molar-refractivity contribution in [2.24, 2.45) is 0 Å². The lowest BCUT2D eigenvalue weighted by Crippen LogP contribution is -2.43. The minimum absolute atomic E-state index is 0.0140. The first-order valence-electron chi connectivity index (χ1n) is 6.14. The molecule has 4 nitrogen and oxygen atoms in total. The summed E-state index contributed by atoms with van der Waals surface area (Å²) in [4.78, 5) is 14.3. The van der Waals surface area contributed by atoms with E-state index in [1.54, 1.807) is 19.1 Å². The Morgan fingerprint density at radius 1 is 1.37 bits per heavy atom. The standard InChI is InChI=1S/C14H20INO3/c1-11(10-19-3)16(7-8-18-2)14(17)12-5-4-6-13(15)9-12/h4-6,9,11H,7-8,10H2,1-3H3. The Bertz CT molecular complexity index is 411. The molecule has 1 rings (SSSR count). The van der Waals surface area contributed by atoms with Crippen LogP contribution in [0.15, 0.2) is 24.3 Å². The summed E-state index contributed by atoms with van der Waals surface area (Å²) in [7, 11) is 3.27. The number of methoxy groups -OCH3 is 2. The zero-order chi connectivity index (χ0) is 14.3. The number of rotatable bonds is 7. The molecule has 1 aromatic rings. The van der Waals surface area contributed by atoms with E-state index in [1.165, 1.54) is 0 Å². The number of carbonyl (C=O) groups excluding carboxylic acids is 1. The second-order valence-corrected chi connectivity index (χ2v) is 5.55. The van der Waals surface area contributed by atoms with E-state index in [-0.39, 0.29) is 11.9 Å². The molecule has 1 atom stereocenters. The van der Waals surface area contributed by atoms with Crippen LogP contribution in [0.25, 0.3) is 0 Å². The van der Waals surface area contributed by atoms with E-state index in [2.05, 4.69) is 22.6 Å². The Morgan fingerprint density at radius 3 is 2.68 bits per heavy atom. The van der Waals surface area contributed by atoms with Crippen molar-refractivity contribution in [3.8, 4) is 0 Å². The SMILES string of the molecule is COCCN(C(=O)c1cccc(I)c1)C(C)COC. The predicted octanol–water partition coefficient (Wildman–Crippen LogP) is 2.41. The van der Waals surface area contributed by atoms with Gasteiger partial charge in [-0.25, -0.2) is 0 Å². The van der Waals surface area contributed by atoms with Gasteiger partial charge in [0, 0.05) is 29.9 Å². The van der Waals surface area contributed by atoms with Gasteiger partial charge < -0.3 is 14.4 Å². The van der Waals surface area contributed by atoms with Crippen molar-refractivity contribution in [3.05, 3.63) is 33.4 Å². The van der Waals surface area contributed by atoms with Gasteiger partial charge in [-0.2, -0.15) is 0 Å². The van der Waals surface area contributed by atoms with Crippen LogP contribution < -0.4 is 0 Å². The zero-order valence-electron chi connectivity index (χ0n) is 11.6. The van der Waals surface area contributed by atoms with Crippen molar-refractivity contribution in [3.63, 3.8) is 0 Å². The van der Waals surface area contributed by atoms with Gasteiger partial charge in [-0.15, -0.1) is 0 Å². The number of hydrogen-bond acceptors (Lipinski definition) is 3. The molecule has 0 heterocycles. The minimum Gasteiger partial charge on any atom is -0.383 e. The van der Waals surface area contributed by atoms with E-state index in [0.717, 1.165) is 3.57 Å². The molecule has 0 radical (unpaired) electrons. The van der Waals surface area contributed by atoms with E-state index >= 15 is 0 Å². The molecule has 0 fully saturated rings. The summed E-state index contributed by atoms with van der Waals surface area (Å²) < 4.78 is 11.3. The quantitative estimate of drug-likeness (QED) is 0.686. The smallest absolute Gasteiger partial charge is 0.254 e. The number of nitrogens with zero attached hydrogens (tertiary/aromatic N) is 1. The number of ether oxygens (including phenoxy) is 2. The Morgan fingerprint density at radius 2 is 2.11 bits per heavy atom. The maximum Gasteiger partial charge on any atom is 0.254 e. The van der Waals surface area contributed by atoms with Gasteiger partial charge in [0.25, 0.3) is 5.91 Å². The third-order valence-corrected chi connectivity index (χ3v) is 3.48. The van der Waals surface area contributed by atoms with E-state index in [9.17, 15) is 4.79 Å². The molecule has 0 saturated heterocycles. The fourth-order valence-corrected chi connectivity index (χ4v) is 2.37. The fraction of sp³-hybridized carbons (Fsp3) is 0.500. The number of benzene rings is 1. The van der Waals surface area contributed by atoms with Crippen LogP contribution in [0.2, 0.25) is 0 Å². The topological polar surface area (TPSA) is 38.8 Å². The summed E-state index contributed by atoms with van der Waals surface area (Å²) in [6.45, 7) is 3.57. The van der Waals surface area contributed by atoms with E-state index in [4.69, 9.17) is 9.47 Å². The van der Waals surface area contributed by atoms with E-state index in [0.29, 0.717) is 25.3 Å². The van der Waals surface area contributed by atoms with Gasteiger partial charge in [-0.1, -0.05) is 6.07 Å². The minimum atomic E-state index is 0.0140. The van der Waals surface area contributed by atoms with Gasteiger partial charge >= 0.3 is 0 Å². The molecule has 106 valence electrons. The third-order valence-electron chi connectivity index (χ3n) is 2.81. The van der Waals surface area contributed by atoms with Crippen molar-refractivity contribution in [1.82, 2.24) is 4.90 Å². The number of carbonyl (C=O) groups is 1. The molecular formula is C14H20INO3. The highest BCUT2D eigenvalue weighted by Crippen LogP contribution is 2.12. The molecule has 0 N–H and O–H groups in total. The molecule has 0 aromatic heterocycles. The summed E-state index contributed by atoms with van der Waals surface area (Å²) in [6.07, 6.45) is 0. The van der Waals surface area contributed by atoms with Crippen molar-refractivity contribution in [1.29, 1.82) is 0 Å². The summed E-state index contributed by atoms with van der Waals surface area (Å²) in [5.74, 6) is 0.0140. The lowest BCUT2D eigenvalue weighted by Gasteiger charge is -2.28. The molecule has 5 heteroatoms. The second kappa shape index (κ2) is 8.50. The maximum atomic E-state index is 12.5. The summed E-state index contributed by atoms with van der Waals surface area (Å²) in [6, 6.07) is 7.61. The molecule has 0 aliphatic carbocycles. The van der Waals surface area contributed by atoms with Gasteiger partial charge in [0.05, 0.1) is 19.3 Å². The van der Waals surface area contributed by atoms with Crippen LogP contribution in [0.4, 0.5) is 0 Å². The predicted molar refractivity (Wildman–Crippen MR) is 83.4 cm³/mol. The lowest BCUT2D eigenvalue weighted by atomic mass is 10.1. The van der Waals surface area contributed by atoms with E-state index in [1.807, 2.05) is 31.2 Å². The summed E-state index contributed by atoms with van der Waals surface area (Å²) in [5, 5.41) is 0. The lowest BCUT2D eigenvalue weighted by molar-refractivity contribution is 0.0479. The third kappa shape index (κ3) is 5.08. The van der Waals surface area contributed by atoms with Crippen LogP contribution in [0.3, 0.4) is 0 Å². The second-order valence-electron chi connectivity index (χ2n) is 4.31. The van der Waals surface area contributed by atoms with Crippen molar-refractivity contribution < 1.29 is 14.3 Å². The number of hydrogen-bond donors (Lipinski definition) is 0. The van der Waals surface area contributed by atoms with Crippen LogP contribution in [0.1, 0.15) is 17.3 Å². The van der Waals surface area contributed by atoms with Crippen molar-refractivity contribution in [2.45, 2.75) is 13.0 Å². The average Bonchev–Trinajstić information content (AvgIpc) is 2.39. The van der Waals surface area contributed by atoms with Crippen LogP contribution in [-0.4, -0.2) is 50.8 Å². The molecule has 1 unspecified atom stereocenters. The van der Waals surface area contributed by atoms with Crippen molar-refractivity contribution in [2.75, 3.05) is 34.0 Å². The maximum absolute atomic E-state index is 12.5. The largest absolute Gasteiger partial charge is 0.383 e. The first-order valence-corrected chi connectivity index (χ1v) is 7.22. The van der Waals surface area contributed by atoms with Gasteiger partial charge in [0.2, 0.25) is 0 Å². The Kier molecular flexibility index (Phi) is 7.33. The summed E-state index contributed by atoms with van der Waals surface area (Å²) >= 11 is 2.20. The Labute approximate surface area is 128 Å². The monoisotopic (exact) mass is 377 g/mol. The molecule has 0 aliphatic rings. The highest BCUT2D eigenvalue weighted by molar-refractivity contribution is 14.1. The molecule has 1 amide bonds. The molecule has 0 bridgehead atoms. The summed E-state index contributed by atoms with van der Waals surface area (Å²) in [5.41, 5.74) is 0.700. The first kappa shape index (κ1) is 16.4. The zero-order valence-corrected chi connectivity index (χ0v) is 13.7. The highest BCUT2D eigenvalue weighted by Gasteiger charge is 2.21. The molecule has 0 aliphatic heterocycles. The van der Waals surface area contributed by atoms with Crippen LogP contribution >= 0.6 is 22.6 Å².